The van der Waals surface area contributed by atoms with Gasteiger partial charge in [0.25, 0.3) is 0 Å². The number of rotatable bonds is 4. The highest BCUT2D eigenvalue weighted by atomic mass is 16.5. The molecule has 0 saturated carbocycles. The van der Waals surface area contributed by atoms with Gasteiger partial charge in [-0.2, -0.15) is 0 Å². The number of benzene rings is 1. The Morgan fingerprint density at radius 1 is 1.19 bits per heavy atom. The van der Waals surface area contributed by atoms with Gasteiger partial charge in [0.15, 0.2) is 0 Å². The van der Waals surface area contributed by atoms with Crippen molar-refractivity contribution in [1.82, 2.24) is 4.90 Å². The van der Waals surface area contributed by atoms with Gasteiger partial charge in [0.2, 0.25) is 0 Å². The second kappa shape index (κ2) is 6.35. The Kier molecular flexibility index (Phi) is 5.23. The summed E-state index contributed by atoms with van der Waals surface area (Å²) in [4.78, 5) is 13.4. The number of nitrogens with zero attached hydrogens (tertiary/aromatic N) is 1. The fourth-order valence-corrected chi connectivity index (χ4v) is 1.83. The molecule has 118 valence electrons. The lowest BCUT2D eigenvalue weighted by atomic mass is 10.1. The molecule has 0 saturated heterocycles. The van der Waals surface area contributed by atoms with Crippen LogP contribution in [-0.2, 0) is 0 Å². The van der Waals surface area contributed by atoms with E-state index in [0.717, 1.165) is 5.75 Å². The number of aliphatic hydroxyl groups is 1. The minimum absolute atomic E-state index is 0.252. The molecule has 0 heterocycles. The van der Waals surface area contributed by atoms with Gasteiger partial charge < -0.3 is 20.1 Å². The first-order valence-corrected chi connectivity index (χ1v) is 7.00. The number of carbonyl (C=O) groups is 1. The van der Waals surface area contributed by atoms with Gasteiger partial charge in [-0.15, -0.1) is 0 Å². The van der Waals surface area contributed by atoms with Gasteiger partial charge in [0.05, 0.1) is 12.1 Å². The number of anilines is 1. The molecule has 0 aliphatic rings. The smallest absolute Gasteiger partial charge is 0.321 e. The molecule has 5 nitrogen and oxygen atoms in total. The van der Waals surface area contributed by atoms with Crippen LogP contribution < -0.4 is 10.1 Å². The van der Waals surface area contributed by atoms with E-state index in [9.17, 15) is 9.90 Å². The molecule has 0 aromatic heterocycles. The van der Waals surface area contributed by atoms with Crippen molar-refractivity contribution in [3.05, 3.63) is 24.3 Å². The van der Waals surface area contributed by atoms with Gasteiger partial charge in [-0.1, -0.05) is 0 Å². The van der Waals surface area contributed by atoms with Crippen LogP contribution in [0.15, 0.2) is 24.3 Å². The minimum atomic E-state index is -0.920. The second-order valence-electron chi connectivity index (χ2n) is 6.84. The molecule has 2 N–H and O–H groups in total. The molecule has 2 amide bonds. The van der Waals surface area contributed by atoms with Crippen LogP contribution in [0.3, 0.4) is 0 Å². The lowest BCUT2D eigenvalue weighted by Crippen LogP contribution is -2.41. The molecule has 1 aromatic rings. The van der Waals surface area contributed by atoms with Crippen molar-refractivity contribution in [3.8, 4) is 5.75 Å². The number of nitrogens with one attached hydrogen (secondary N) is 1. The third-order valence-corrected chi connectivity index (χ3v) is 2.50. The molecule has 0 aliphatic heterocycles. The molecule has 0 radical (unpaired) electrons. The van der Waals surface area contributed by atoms with E-state index >= 15 is 0 Å². The highest BCUT2D eigenvalue weighted by Crippen LogP contribution is 2.20. The number of amides is 2. The predicted octanol–water partition coefficient (Wildman–Crippen LogP) is 3.10. The second-order valence-corrected chi connectivity index (χ2v) is 6.84. The fraction of sp³-hybridized carbons (Fsp3) is 0.562. The summed E-state index contributed by atoms with van der Waals surface area (Å²) in [6.45, 7) is 9.52. The average Bonchev–Trinajstić information content (AvgIpc) is 2.27. The zero-order valence-corrected chi connectivity index (χ0v) is 13.7. The number of likely N-dealkylation sites (N-methyl/N-ethyl adjacent to an activating group) is 1. The van der Waals surface area contributed by atoms with Gasteiger partial charge in [0, 0.05) is 12.7 Å². The Balaban J connectivity index is 2.61. The van der Waals surface area contributed by atoms with E-state index in [1.165, 1.54) is 4.90 Å². The molecular formula is C16H26N2O3. The Bertz CT molecular complexity index is 470. The Hall–Kier alpha value is -1.75. The van der Waals surface area contributed by atoms with Crippen molar-refractivity contribution in [2.75, 3.05) is 18.9 Å². The monoisotopic (exact) mass is 294 g/mol. The lowest BCUT2D eigenvalue weighted by molar-refractivity contribution is 0.0550. The molecule has 1 aromatic carbocycles. The van der Waals surface area contributed by atoms with Crippen molar-refractivity contribution in [2.45, 2.75) is 45.8 Å². The quantitative estimate of drug-likeness (QED) is 0.897. The first kappa shape index (κ1) is 17.3. The molecular weight excluding hydrogens is 268 g/mol. The summed E-state index contributed by atoms with van der Waals surface area (Å²) in [5.41, 5.74) is -0.488. The SMILES string of the molecule is CN(CC(C)(C)O)C(=O)Nc1ccc(OC(C)(C)C)cc1. The standard InChI is InChI=1S/C16H26N2O3/c1-15(2,3)21-13-9-7-12(8-10-13)17-14(19)18(6)11-16(4,5)20/h7-10,20H,11H2,1-6H3,(H,17,19). The minimum Gasteiger partial charge on any atom is -0.488 e. The van der Waals surface area contributed by atoms with Gasteiger partial charge in [-0.05, 0) is 58.9 Å². The predicted molar refractivity (Wildman–Crippen MR) is 84.8 cm³/mol. The summed E-state index contributed by atoms with van der Waals surface area (Å²) >= 11 is 0. The van der Waals surface area contributed by atoms with E-state index in [1.807, 2.05) is 32.9 Å². The largest absolute Gasteiger partial charge is 0.488 e. The van der Waals surface area contributed by atoms with Crippen molar-refractivity contribution < 1.29 is 14.6 Å². The van der Waals surface area contributed by atoms with Crippen LogP contribution in [0.2, 0.25) is 0 Å². The van der Waals surface area contributed by atoms with Crippen molar-refractivity contribution in [3.63, 3.8) is 0 Å². The maximum Gasteiger partial charge on any atom is 0.321 e. The number of urea groups is 1. The lowest BCUT2D eigenvalue weighted by Gasteiger charge is -2.25. The first-order valence-electron chi connectivity index (χ1n) is 7.00. The van der Waals surface area contributed by atoms with E-state index in [0.29, 0.717) is 5.69 Å². The van der Waals surface area contributed by atoms with E-state index in [4.69, 9.17) is 4.74 Å². The maximum absolute atomic E-state index is 12.0. The van der Waals surface area contributed by atoms with Crippen LogP contribution in [0.1, 0.15) is 34.6 Å². The van der Waals surface area contributed by atoms with E-state index < -0.39 is 5.60 Å². The Labute approximate surface area is 126 Å². The number of ether oxygens (including phenoxy) is 1. The third kappa shape index (κ3) is 6.99. The zero-order valence-electron chi connectivity index (χ0n) is 13.7. The number of hydrogen-bond donors (Lipinski definition) is 2. The summed E-state index contributed by atoms with van der Waals surface area (Å²) < 4.78 is 5.72. The topological polar surface area (TPSA) is 61.8 Å². The van der Waals surface area contributed by atoms with E-state index in [2.05, 4.69) is 5.32 Å². The summed E-state index contributed by atoms with van der Waals surface area (Å²) in [6.07, 6.45) is 0. The summed E-state index contributed by atoms with van der Waals surface area (Å²) in [5, 5.41) is 12.5. The molecule has 0 bridgehead atoms. The maximum atomic E-state index is 12.0. The van der Waals surface area contributed by atoms with Crippen molar-refractivity contribution in [2.24, 2.45) is 0 Å². The fourth-order valence-electron chi connectivity index (χ4n) is 1.83. The van der Waals surface area contributed by atoms with Gasteiger partial charge >= 0.3 is 6.03 Å². The van der Waals surface area contributed by atoms with Crippen LogP contribution >= 0.6 is 0 Å². The summed E-state index contributed by atoms with van der Waals surface area (Å²) in [6, 6.07) is 6.95. The zero-order chi connectivity index (χ0) is 16.3. The third-order valence-electron chi connectivity index (χ3n) is 2.50. The molecule has 0 atom stereocenters. The van der Waals surface area contributed by atoms with Gasteiger partial charge in [0.1, 0.15) is 11.4 Å². The van der Waals surface area contributed by atoms with E-state index in [-0.39, 0.29) is 18.2 Å². The van der Waals surface area contributed by atoms with Crippen LogP contribution in [0, 0.1) is 0 Å². The Morgan fingerprint density at radius 3 is 2.14 bits per heavy atom. The summed E-state index contributed by atoms with van der Waals surface area (Å²) in [5.74, 6) is 0.755. The molecule has 21 heavy (non-hydrogen) atoms. The van der Waals surface area contributed by atoms with Crippen molar-refractivity contribution >= 4 is 11.7 Å². The van der Waals surface area contributed by atoms with Crippen LogP contribution in [0.25, 0.3) is 0 Å². The number of carbonyl (C=O) groups excluding carboxylic acids is 1. The number of hydrogen-bond acceptors (Lipinski definition) is 3. The molecule has 0 fully saturated rings. The van der Waals surface area contributed by atoms with Gasteiger partial charge in [-0.3, -0.25) is 0 Å². The van der Waals surface area contributed by atoms with Crippen LogP contribution in [0.5, 0.6) is 5.75 Å². The molecule has 0 unspecified atom stereocenters. The Morgan fingerprint density at radius 2 is 1.71 bits per heavy atom. The average molecular weight is 294 g/mol. The molecule has 5 heteroatoms. The van der Waals surface area contributed by atoms with E-state index in [1.54, 1.807) is 33.0 Å². The first-order chi connectivity index (χ1) is 9.46. The molecule has 1 rings (SSSR count). The summed E-state index contributed by atoms with van der Waals surface area (Å²) in [7, 11) is 1.64. The highest BCUT2D eigenvalue weighted by molar-refractivity contribution is 5.89. The molecule has 0 aliphatic carbocycles. The van der Waals surface area contributed by atoms with Crippen molar-refractivity contribution in [1.29, 1.82) is 0 Å². The van der Waals surface area contributed by atoms with Gasteiger partial charge in [-0.25, -0.2) is 4.79 Å². The van der Waals surface area contributed by atoms with Crippen LogP contribution in [0.4, 0.5) is 10.5 Å². The highest BCUT2D eigenvalue weighted by Gasteiger charge is 2.19. The normalized spacial score (nSPS) is 12.0. The van der Waals surface area contributed by atoms with Crippen LogP contribution in [-0.4, -0.2) is 40.8 Å². The molecule has 0 spiro atoms.